The van der Waals surface area contributed by atoms with E-state index in [1.54, 1.807) is 41.8 Å². The van der Waals surface area contributed by atoms with Crippen molar-refractivity contribution in [1.29, 1.82) is 0 Å². The molecule has 1 atom stereocenters. The van der Waals surface area contributed by atoms with Crippen molar-refractivity contribution in [2.75, 3.05) is 37.6 Å². The SMILES string of the molecule is O=S(=O)(Nc1ccc(C(O)CCN2CCOCC2)cc1)c1cccs1. The Morgan fingerprint density at radius 3 is 2.56 bits per heavy atom. The van der Waals surface area contributed by atoms with Crippen LogP contribution in [0, 0.1) is 0 Å². The Bertz CT molecular complexity index is 754. The molecule has 0 radical (unpaired) electrons. The van der Waals surface area contributed by atoms with Gasteiger partial charge in [0.05, 0.1) is 19.3 Å². The van der Waals surface area contributed by atoms with Gasteiger partial charge in [0.1, 0.15) is 4.21 Å². The van der Waals surface area contributed by atoms with Gasteiger partial charge in [0, 0.05) is 25.3 Å². The summed E-state index contributed by atoms with van der Waals surface area (Å²) in [4.78, 5) is 2.27. The minimum absolute atomic E-state index is 0.280. The van der Waals surface area contributed by atoms with E-state index >= 15 is 0 Å². The van der Waals surface area contributed by atoms with Crippen LogP contribution in [-0.2, 0) is 14.8 Å². The molecule has 1 aromatic heterocycles. The molecule has 0 aliphatic carbocycles. The lowest BCUT2D eigenvalue weighted by Gasteiger charge is -2.27. The monoisotopic (exact) mass is 382 g/mol. The predicted molar refractivity (Wildman–Crippen MR) is 98.4 cm³/mol. The van der Waals surface area contributed by atoms with Crippen molar-refractivity contribution >= 4 is 27.0 Å². The number of sulfonamides is 1. The quantitative estimate of drug-likeness (QED) is 0.768. The molecule has 2 aromatic rings. The smallest absolute Gasteiger partial charge is 0.271 e. The molecule has 0 amide bonds. The molecule has 1 fully saturated rings. The van der Waals surface area contributed by atoms with Gasteiger partial charge < -0.3 is 9.84 Å². The lowest BCUT2D eigenvalue weighted by Crippen LogP contribution is -2.37. The molecule has 136 valence electrons. The second kappa shape index (κ2) is 8.29. The number of ether oxygens (including phenoxy) is 1. The first-order valence-corrected chi connectivity index (χ1v) is 10.6. The van der Waals surface area contributed by atoms with Crippen molar-refractivity contribution in [3.05, 3.63) is 47.3 Å². The highest BCUT2D eigenvalue weighted by molar-refractivity contribution is 7.94. The summed E-state index contributed by atoms with van der Waals surface area (Å²) in [5.41, 5.74) is 1.27. The number of nitrogens with zero attached hydrogens (tertiary/aromatic N) is 1. The van der Waals surface area contributed by atoms with Crippen LogP contribution in [-0.4, -0.2) is 51.3 Å². The number of morpholine rings is 1. The number of nitrogens with one attached hydrogen (secondary N) is 1. The minimum Gasteiger partial charge on any atom is -0.388 e. The number of hydrogen-bond donors (Lipinski definition) is 2. The van der Waals surface area contributed by atoms with E-state index in [2.05, 4.69) is 9.62 Å². The van der Waals surface area contributed by atoms with Gasteiger partial charge in [0.2, 0.25) is 0 Å². The van der Waals surface area contributed by atoms with Gasteiger partial charge in [-0.25, -0.2) is 8.42 Å². The maximum atomic E-state index is 12.2. The summed E-state index contributed by atoms with van der Waals surface area (Å²) >= 11 is 1.17. The Morgan fingerprint density at radius 1 is 1.20 bits per heavy atom. The van der Waals surface area contributed by atoms with Crippen molar-refractivity contribution in [1.82, 2.24) is 4.90 Å². The summed E-state index contributed by atoms with van der Waals surface area (Å²) in [6, 6.07) is 10.1. The first-order valence-electron chi connectivity index (χ1n) is 8.19. The molecule has 6 nitrogen and oxygen atoms in total. The Kier molecular flexibility index (Phi) is 6.08. The molecule has 3 rings (SSSR count). The molecule has 2 N–H and O–H groups in total. The van der Waals surface area contributed by atoms with Gasteiger partial charge in [-0.2, -0.15) is 0 Å². The summed E-state index contributed by atoms with van der Waals surface area (Å²) < 4.78 is 32.5. The first-order chi connectivity index (χ1) is 12.0. The third kappa shape index (κ3) is 5.02. The third-order valence-electron chi connectivity index (χ3n) is 4.13. The Balaban J connectivity index is 1.56. The maximum absolute atomic E-state index is 12.2. The zero-order valence-electron chi connectivity index (χ0n) is 13.8. The maximum Gasteiger partial charge on any atom is 0.271 e. The topological polar surface area (TPSA) is 78.9 Å². The summed E-state index contributed by atoms with van der Waals surface area (Å²) in [6.07, 6.45) is 0.0751. The average Bonchev–Trinajstić information content (AvgIpc) is 3.17. The van der Waals surface area contributed by atoms with Gasteiger partial charge in [0.25, 0.3) is 10.0 Å². The molecule has 1 aromatic carbocycles. The largest absolute Gasteiger partial charge is 0.388 e. The summed E-state index contributed by atoms with van der Waals surface area (Å²) in [7, 11) is -3.54. The number of anilines is 1. The number of benzene rings is 1. The van der Waals surface area contributed by atoms with Gasteiger partial charge >= 0.3 is 0 Å². The molecule has 1 aliphatic rings. The summed E-state index contributed by atoms with van der Waals surface area (Å²) in [5, 5.41) is 12.1. The van der Waals surface area contributed by atoms with E-state index < -0.39 is 16.1 Å². The van der Waals surface area contributed by atoms with Crippen LogP contribution < -0.4 is 4.72 Å². The van der Waals surface area contributed by atoms with Crippen LogP contribution >= 0.6 is 11.3 Å². The second-order valence-electron chi connectivity index (χ2n) is 5.92. The number of aliphatic hydroxyl groups is 1. The molecule has 0 bridgehead atoms. The second-order valence-corrected chi connectivity index (χ2v) is 8.78. The van der Waals surface area contributed by atoms with Gasteiger partial charge in [-0.15, -0.1) is 11.3 Å². The fourth-order valence-electron chi connectivity index (χ4n) is 2.69. The van der Waals surface area contributed by atoms with E-state index in [0.717, 1.165) is 38.4 Å². The van der Waals surface area contributed by atoms with Crippen LogP contribution in [0.1, 0.15) is 18.1 Å². The van der Waals surface area contributed by atoms with Crippen LogP contribution in [0.25, 0.3) is 0 Å². The average molecular weight is 383 g/mol. The van der Waals surface area contributed by atoms with E-state index in [1.807, 2.05) is 0 Å². The zero-order chi connectivity index (χ0) is 17.7. The van der Waals surface area contributed by atoms with E-state index in [9.17, 15) is 13.5 Å². The minimum atomic E-state index is -3.54. The molecule has 2 heterocycles. The van der Waals surface area contributed by atoms with Crippen molar-refractivity contribution in [3.63, 3.8) is 0 Å². The highest BCUT2D eigenvalue weighted by atomic mass is 32.2. The Hall–Kier alpha value is -1.45. The fourth-order valence-corrected chi connectivity index (χ4v) is 4.74. The molecule has 1 unspecified atom stereocenters. The number of aliphatic hydroxyl groups excluding tert-OH is 1. The molecular weight excluding hydrogens is 360 g/mol. The number of thiophene rings is 1. The zero-order valence-corrected chi connectivity index (χ0v) is 15.4. The van der Waals surface area contributed by atoms with E-state index in [1.165, 1.54) is 11.3 Å². The van der Waals surface area contributed by atoms with Crippen LogP contribution in [0.4, 0.5) is 5.69 Å². The van der Waals surface area contributed by atoms with Crippen LogP contribution in [0.3, 0.4) is 0 Å². The highest BCUT2D eigenvalue weighted by Gasteiger charge is 2.16. The number of rotatable bonds is 7. The summed E-state index contributed by atoms with van der Waals surface area (Å²) in [6.45, 7) is 4.11. The van der Waals surface area contributed by atoms with Gasteiger partial charge in [-0.05, 0) is 35.6 Å². The van der Waals surface area contributed by atoms with Crippen LogP contribution in [0.2, 0.25) is 0 Å². The Morgan fingerprint density at radius 2 is 1.92 bits per heavy atom. The van der Waals surface area contributed by atoms with Crippen molar-refractivity contribution in [2.45, 2.75) is 16.7 Å². The lowest BCUT2D eigenvalue weighted by molar-refractivity contribution is 0.0300. The molecule has 1 saturated heterocycles. The third-order valence-corrected chi connectivity index (χ3v) is 6.91. The van der Waals surface area contributed by atoms with Crippen molar-refractivity contribution < 1.29 is 18.3 Å². The molecule has 25 heavy (non-hydrogen) atoms. The normalized spacial score (nSPS) is 17.3. The highest BCUT2D eigenvalue weighted by Crippen LogP contribution is 2.23. The standard InChI is InChI=1S/C17H22N2O4S2/c20-16(7-8-19-9-11-23-12-10-19)14-3-5-15(6-4-14)18-25(21,22)17-2-1-13-24-17/h1-6,13,16,18,20H,7-12H2. The van der Waals surface area contributed by atoms with Gasteiger partial charge in [-0.1, -0.05) is 18.2 Å². The summed E-state index contributed by atoms with van der Waals surface area (Å²) in [5.74, 6) is 0. The Labute approximate surface area is 152 Å². The molecular formula is C17H22N2O4S2. The van der Waals surface area contributed by atoms with Crippen molar-refractivity contribution in [2.24, 2.45) is 0 Å². The van der Waals surface area contributed by atoms with E-state index in [-0.39, 0.29) is 4.21 Å². The van der Waals surface area contributed by atoms with E-state index in [4.69, 9.17) is 4.74 Å². The van der Waals surface area contributed by atoms with Gasteiger partial charge in [-0.3, -0.25) is 9.62 Å². The molecule has 8 heteroatoms. The van der Waals surface area contributed by atoms with Crippen molar-refractivity contribution in [3.8, 4) is 0 Å². The van der Waals surface area contributed by atoms with Crippen LogP contribution in [0.15, 0.2) is 46.0 Å². The van der Waals surface area contributed by atoms with Crippen LogP contribution in [0.5, 0.6) is 0 Å². The first kappa shape index (κ1) is 18.3. The van der Waals surface area contributed by atoms with Gasteiger partial charge in [0.15, 0.2) is 0 Å². The fraction of sp³-hybridized carbons (Fsp3) is 0.412. The predicted octanol–water partition coefficient (Wildman–Crippen LogP) is 2.30. The van der Waals surface area contributed by atoms with E-state index in [0.29, 0.717) is 12.1 Å². The molecule has 0 saturated carbocycles. The molecule has 0 spiro atoms. The lowest BCUT2D eigenvalue weighted by atomic mass is 10.1. The number of hydrogen-bond acceptors (Lipinski definition) is 6. The molecule has 1 aliphatic heterocycles.